The summed E-state index contributed by atoms with van der Waals surface area (Å²) in [5.74, 6) is -3.15. The molecule has 0 fully saturated rings. The van der Waals surface area contributed by atoms with E-state index in [9.17, 15) is 18.8 Å². The van der Waals surface area contributed by atoms with Crippen LogP contribution in [-0.2, 0) is 20.7 Å². The molecule has 0 radical (unpaired) electrons. The Balaban J connectivity index is 1.08. The zero-order valence-corrected chi connectivity index (χ0v) is 33.3. The highest BCUT2D eigenvalue weighted by atomic mass is 19.1. The van der Waals surface area contributed by atoms with Crippen LogP contribution in [0, 0.1) is 18.6 Å². The summed E-state index contributed by atoms with van der Waals surface area (Å²) in [6.45, 7) is 4.26. The van der Waals surface area contributed by atoms with Crippen LogP contribution in [0.1, 0.15) is 41.4 Å². The molecule has 0 bridgehead atoms. The Bertz CT molecular complexity index is 2440. The van der Waals surface area contributed by atoms with Crippen LogP contribution in [0.2, 0.25) is 0 Å². The molecule has 0 spiro atoms. The van der Waals surface area contributed by atoms with Gasteiger partial charge in [-0.2, -0.15) is 5.10 Å². The fourth-order valence-electron chi connectivity index (χ4n) is 6.04. The van der Waals surface area contributed by atoms with Gasteiger partial charge in [0.1, 0.15) is 41.1 Å². The van der Waals surface area contributed by atoms with Crippen LogP contribution >= 0.6 is 0 Å². The molecular formula is C44H45F2N7O7. The average molecular weight is 822 g/mol. The molecule has 0 unspecified atom stereocenters. The highest BCUT2D eigenvalue weighted by Gasteiger charge is 2.22. The monoisotopic (exact) mass is 821 g/mol. The van der Waals surface area contributed by atoms with Crippen molar-refractivity contribution in [3.05, 3.63) is 126 Å². The van der Waals surface area contributed by atoms with Gasteiger partial charge in [0.05, 0.1) is 43.4 Å². The molecule has 0 atom stereocenters. The van der Waals surface area contributed by atoms with E-state index in [0.29, 0.717) is 47.0 Å². The molecule has 0 aliphatic carbocycles. The smallest absolute Gasteiger partial charge is 0.324 e. The van der Waals surface area contributed by atoms with Crippen molar-refractivity contribution in [2.24, 2.45) is 0 Å². The first-order valence-electron chi connectivity index (χ1n) is 19.3. The number of aryl methyl sites for hydroxylation is 2. The Morgan fingerprint density at radius 3 is 2.37 bits per heavy atom. The van der Waals surface area contributed by atoms with Crippen molar-refractivity contribution < 1.29 is 42.1 Å². The number of halogens is 2. The molecule has 2 aromatic heterocycles. The summed E-state index contributed by atoms with van der Waals surface area (Å²) in [7, 11) is 1.52. The quantitative estimate of drug-likeness (QED) is 0.0589. The van der Waals surface area contributed by atoms with Crippen molar-refractivity contribution >= 4 is 45.9 Å². The lowest BCUT2D eigenvalue weighted by Crippen LogP contribution is -2.34. The van der Waals surface area contributed by atoms with Crippen molar-refractivity contribution in [3.8, 4) is 22.9 Å². The van der Waals surface area contributed by atoms with Gasteiger partial charge in [0.25, 0.3) is 5.91 Å². The van der Waals surface area contributed by atoms with Crippen LogP contribution in [0.5, 0.6) is 17.2 Å². The molecule has 6 aromatic rings. The first-order chi connectivity index (χ1) is 29.1. The maximum Gasteiger partial charge on any atom is 0.324 e. The number of carbonyl (C=O) groups excluding carboxylic acids is 3. The number of nitrogens with one attached hydrogen (secondary N) is 4. The second kappa shape index (κ2) is 20.7. The van der Waals surface area contributed by atoms with E-state index < -0.39 is 41.6 Å². The molecule has 4 amide bonds. The molecule has 60 heavy (non-hydrogen) atoms. The van der Waals surface area contributed by atoms with E-state index in [-0.39, 0.29) is 24.8 Å². The molecule has 312 valence electrons. The molecule has 0 aliphatic rings. The minimum Gasteiger partial charge on any atom is -0.488 e. The maximum atomic E-state index is 15.0. The fourth-order valence-corrected chi connectivity index (χ4v) is 6.04. The van der Waals surface area contributed by atoms with Crippen LogP contribution in [0.15, 0.2) is 97.2 Å². The Morgan fingerprint density at radius 1 is 0.817 bits per heavy atom. The van der Waals surface area contributed by atoms with Crippen LogP contribution in [0.25, 0.3) is 16.5 Å². The molecule has 0 saturated heterocycles. The number of aromatic nitrogens is 3. The van der Waals surface area contributed by atoms with Crippen LogP contribution in [0.3, 0.4) is 0 Å². The second-order valence-electron chi connectivity index (χ2n) is 13.5. The van der Waals surface area contributed by atoms with Gasteiger partial charge in [-0.1, -0.05) is 55.3 Å². The van der Waals surface area contributed by atoms with Gasteiger partial charge in [0.15, 0.2) is 11.6 Å². The first-order valence-corrected chi connectivity index (χ1v) is 19.3. The van der Waals surface area contributed by atoms with Gasteiger partial charge in [0.2, 0.25) is 5.91 Å². The number of pyridine rings is 1. The number of amides is 4. The topological polar surface area (TPSA) is 167 Å². The Morgan fingerprint density at radius 2 is 1.58 bits per heavy atom. The Hall–Kier alpha value is -6.91. The summed E-state index contributed by atoms with van der Waals surface area (Å²) in [4.78, 5) is 43.1. The van der Waals surface area contributed by atoms with Gasteiger partial charge in [-0.25, -0.2) is 23.2 Å². The van der Waals surface area contributed by atoms with E-state index in [0.717, 1.165) is 48.3 Å². The first kappa shape index (κ1) is 42.7. The third-order valence-corrected chi connectivity index (χ3v) is 9.03. The largest absolute Gasteiger partial charge is 0.488 e. The number of urea groups is 1. The van der Waals surface area contributed by atoms with Crippen molar-refractivity contribution in [2.45, 2.75) is 33.1 Å². The molecule has 4 aromatic carbocycles. The average Bonchev–Trinajstić information content (AvgIpc) is 3.64. The SMILES string of the molecule is CCCCc1cc(NC(=O)Nc2ccc(Oc3ccnc(NC(=O)CNC(=O)c4c(F)ccc(OCCOCCOC)c4F)c3)c3ccccc23)n(-c2ccc(C)cc2)n1. The van der Waals surface area contributed by atoms with Gasteiger partial charge < -0.3 is 34.9 Å². The van der Waals surface area contributed by atoms with Gasteiger partial charge in [-0.15, -0.1) is 0 Å². The van der Waals surface area contributed by atoms with Crippen LogP contribution < -0.4 is 30.7 Å². The zero-order chi connectivity index (χ0) is 42.4. The number of methoxy groups -OCH3 is 1. The summed E-state index contributed by atoms with van der Waals surface area (Å²) in [5.41, 5.74) is 2.45. The van der Waals surface area contributed by atoms with Crippen molar-refractivity contribution in [2.75, 3.05) is 56.0 Å². The van der Waals surface area contributed by atoms with E-state index in [4.69, 9.17) is 24.0 Å². The summed E-state index contributed by atoms with van der Waals surface area (Å²) in [5, 5.41) is 16.8. The molecule has 16 heteroatoms. The number of rotatable bonds is 19. The molecule has 6 rings (SSSR count). The number of carbonyl (C=O) groups is 3. The Kier molecular flexibility index (Phi) is 14.7. The lowest BCUT2D eigenvalue weighted by molar-refractivity contribution is -0.115. The number of anilines is 3. The zero-order valence-electron chi connectivity index (χ0n) is 33.3. The molecule has 0 saturated carbocycles. The predicted molar refractivity (Wildman–Crippen MR) is 223 cm³/mol. The molecule has 2 heterocycles. The summed E-state index contributed by atoms with van der Waals surface area (Å²) >= 11 is 0. The number of unbranched alkanes of at least 4 members (excludes halogenated alkanes) is 1. The number of fused-ring (bicyclic) bond motifs is 1. The van der Waals surface area contributed by atoms with Crippen molar-refractivity contribution in [3.63, 3.8) is 0 Å². The Labute approximate surface area is 345 Å². The maximum absolute atomic E-state index is 15.0. The second-order valence-corrected chi connectivity index (χ2v) is 13.5. The van der Waals surface area contributed by atoms with Crippen LogP contribution in [0.4, 0.5) is 30.9 Å². The van der Waals surface area contributed by atoms with E-state index in [1.807, 2.05) is 61.5 Å². The van der Waals surface area contributed by atoms with Crippen molar-refractivity contribution in [1.29, 1.82) is 0 Å². The molecular weight excluding hydrogens is 777 g/mol. The van der Waals surface area contributed by atoms with Gasteiger partial charge >= 0.3 is 6.03 Å². The summed E-state index contributed by atoms with van der Waals surface area (Å²) in [6.07, 6.45) is 4.19. The minimum absolute atomic E-state index is 0.0487. The molecule has 14 nitrogen and oxygen atoms in total. The third kappa shape index (κ3) is 11.2. The van der Waals surface area contributed by atoms with Gasteiger partial charge in [-0.05, 0) is 62.2 Å². The van der Waals surface area contributed by atoms with Crippen LogP contribution in [-0.4, -0.2) is 72.7 Å². The van der Waals surface area contributed by atoms with Gasteiger partial charge in [-0.3, -0.25) is 14.9 Å². The predicted octanol–water partition coefficient (Wildman–Crippen LogP) is 8.20. The lowest BCUT2D eigenvalue weighted by Gasteiger charge is -2.15. The highest BCUT2D eigenvalue weighted by Crippen LogP contribution is 2.35. The van der Waals surface area contributed by atoms with Crippen molar-refractivity contribution in [1.82, 2.24) is 20.1 Å². The number of benzene rings is 4. The fraction of sp³-hybridized carbons (Fsp3) is 0.250. The van der Waals surface area contributed by atoms with E-state index in [1.165, 1.54) is 19.4 Å². The van der Waals surface area contributed by atoms with E-state index >= 15 is 4.39 Å². The molecule has 0 aliphatic heterocycles. The minimum atomic E-state index is -1.21. The molecule has 4 N–H and O–H groups in total. The summed E-state index contributed by atoms with van der Waals surface area (Å²) in [6, 6.07) is 25.2. The van der Waals surface area contributed by atoms with Gasteiger partial charge in [0, 0.05) is 36.2 Å². The number of nitrogens with zero attached hydrogens (tertiary/aromatic N) is 3. The number of hydrogen-bond acceptors (Lipinski definition) is 9. The summed E-state index contributed by atoms with van der Waals surface area (Å²) < 4.78 is 52.9. The van der Waals surface area contributed by atoms with E-state index in [2.05, 4.69) is 33.2 Å². The standard InChI is InChI=1S/C44H45F2N7O7/c1-4-5-8-29-25-39(53(52-29)30-13-11-28(2)12-14-30)51-44(56)49-35-16-18-36(33-10-7-6-9-32(33)35)60-31-19-20-47-38(26-31)50-40(54)27-48-43(55)41-34(45)15-17-37(42(41)46)59-24-23-58-22-21-57-3/h6-7,9-20,25-26H,4-5,8,21-24,27H2,1-3H3,(H,48,55)(H,47,50,54)(H2,49,51,56). The van der Waals surface area contributed by atoms with E-state index in [1.54, 1.807) is 22.9 Å². The third-order valence-electron chi connectivity index (χ3n) is 9.03. The normalized spacial score (nSPS) is 10.9. The lowest BCUT2D eigenvalue weighted by atomic mass is 10.1. The highest BCUT2D eigenvalue weighted by molar-refractivity contribution is 6.07. The number of hydrogen-bond donors (Lipinski definition) is 4. The number of ether oxygens (including phenoxy) is 4.